The topological polar surface area (TPSA) is 67.8 Å². The average Bonchev–Trinajstić information content (AvgIpc) is 2.46. The van der Waals surface area contributed by atoms with Gasteiger partial charge in [0.1, 0.15) is 12.4 Å². The van der Waals surface area contributed by atoms with Gasteiger partial charge in [-0.25, -0.2) is 0 Å². The summed E-state index contributed by atoms with van der Waals surface area (Å²) in [5.74, 6) is 0.506. The molecule has 2 aromatic rings. The zero-order valence-corrected chi connectivity index (χ0v) is 13.6. The molecule has 0 saturated heterocycles. The molecule has 6 heteroatoms. The van der Waals surface area contributed by atoms with Crippen molar-refractivity contribution in [2.45, 2.75) is 13.5 Å². The highest BCUT2D eigenvalue weighted by molar-refractivity contribution is 9.10. The van der Waals surface area contributed by atoms with E-state index in [0.29, 0.717) is 22.9 Å². The van der Waals surface area contributed by atoms with Crippen molar-refractivity contribution in [2.75, 3.05) is 0 Å². The van der Waals surface area contributed by atoms with Crippen LogP contribution in [0, 0.1) is 6.92 Å². The van der Waals surface area contributed by atoms with Crippen LogP contribution in [0.2, 0.25) is 5.02 Å². The maximum absolute atomic E-state index is 8.83. The van der Waals surface area contributed by atoms with Crippen molar-refractivity contribution in [3.8, 4) is 5.75 Å². The molecule has 4 nitrogen and oxygen atoms in total. The molecule has 0 unspecified atom stereocenters. The number of hydrogen-bond donors (Lipinski definition) is 2. The predicted octanol–water partition coefficient (Wildman–Crippen LogP) is 4.08. The number of amidine groups is 1. The number of nitrogens with zero attached hydrogens (tertiary/aromatic N) is 1. The average molecular weight is 370 g/mol. The van der Waals surface area contributed by atoms with Gasteiger partial charge in [-0.15, -0.1) is 0 Å². The van der Waals surface area contributed by atoms with Gasteiger partial charge in [0.2, 0.25) is 0 Å². The third kappa shape index (κ3) is 3.89. The lowest BCUT2D eigenvalue weighted by Gasteiger charge is -2.12. The number of oxime groups is 1. The van der Waals surface area contributed by atoms with Crippen LogP contribution in [0.5, 0.6) is 5.75 Å². The minimum Gasteiger partial charge on any atom is -0.488 e. The third-order valence-electron chi connectivity index (χ3n) is 2.92. The summed E-state index contributed by atoms with van der Waals surface area (Å²) in [6.07, 6.45) is 0. The van der Waals surface area contributed by atoms with E-state index in [2.05, 4.69) is 21.1 Å². The van der Waals surface area contributed by atoms with E-state index < -0.39 is 0 Å². The molecule has 0 saturated carbocycles. The van der Waals surface area contributed by atoms with E-state index in [1.165, 1.54) is 0 Å². The van der Waals surface area contributed by atoms with E-state index in [1.54, 1.807) is 12.1 Å². The Morgan fingerprint density at radius 3 is 2.76 bits per heavy atom. The first-order valence-corrected chi connectivity index (χ1v) is 7.33. The van der Waals surface area contributed by atoms with Gasteiger partial charge in [0, 0.05) is 15.1 Å². The Balaban J connectivity index is 2.24. The Morgan fingerprint density at radius 2 is 2.10 bits per heavy atom. The molecule has 0 atom stereocenters. The van der Waals surface area contributed by atoms with Gasteiger partial charge in [0.25, 0.3) is 0 Å². The molecule has 0 aliphatic rings. The largest absolute Gasteiger partial charge is 0.488 e. The van der Waals surface area contributed by atoms with E-state index in [9.17, 15) is 0 Å². The number of aryl methyl sites for hydroxylation is 1. The molecule has 0 heterocycles. The van der Waals surface area contributed by atoms with Gasteiger partial charge >= 0.3 is 0 Å². The maximum atomic E-state index is 8.83. The van der Waals surface area contributed by atoms with Gasteiger partial charge in [-0.2, -0.15) is 0 Å². The summed E-state index contributed by atoms with van der Waals surface area (Å²) in [6.45, 7) is 2.27. The SMILES string of the molecule is Cc1ccc(COc2ccc(Br)cc2/C(N)=N/O)c(Cl)c1. The first kappa shape index (κ1) is 15.7. The van der Waals surface area contributed by atoms with Gasteiger partial charge in [-0.3, -0.25) is 0 Å². The lowest BCUT2D eigenvalue weighted by Crippen LogP contribution is -2.15. The molecule has 0 fully saturated rings. The second kappa shape index (κ2) is 6.83. The van der Waals surface area contributed by atoms with Gasteiger partial charge < -0.3 is 15.7 Å². The number of halogens is 2. The molecule has 0 amide bonds. The molecule has 21 heavy (non-hydrogen) atoms. The van der Waals surface area contributed by atoms with Crippen LogP contribution in [-0.4, -0.2) is 11.0 Å². The Bertz CT molecular complexity index is 689. The summed E-state index contributed by atoms with van der Waals surface area (Å²) in [5, 5.41) is 12.5. The van der Waals surface area contributed by atoms with E-state index >= 15 is 0 Å². The van der Waals surface area contributed by atoms with Crippen LogP contribution in [0.3, 0.4) is 0 Å². The molecule has 0 spiro atoms. The van der Waals surface area contributed by atoms with E-state index in [4.69, 9.17) is 27.3 Å². The van der Waals surface area contributed by atoms with Crippen molar-refractivity contribution in [2.24, 2.45) is 10.9 Å². The molecular weight excluding hydrogens is 356 g/mol. The molecule has 0 bridgehead atoms. The fraction of sp³-hybridized carbons (Fsp3) is 0.133. The number of benzene rings is 2. The molecule has 3 N–H and O–H groups in total. The third-order valence-corrected chi connectivity index (χ3v) is 3.76. The van der Waals surface area contributed by atoms with Crippen molar-refractivity contribution in [3.05, 3.63) is 62.6 Å². The fourth-order valence-corrected chi connectivity index (χ4v) is 2.46. The molecule has 0 aliphatic carbocycles. The smallest absolute Gasteiger partial charge is 0.173 e. The van der Waals surface area contributed by atoms with Gasteiger partial charge in [-0.05, 0) is 36.8 Å². The van der Waals surface area contributed by atoms with Crippen molar-refractivity contribution in [1.29, 1.82) is 0 Å². The molecule has 0 aromatic heterocycles. The van der Waals surface area contributed by atoms with Gasteiger partial charge in [-0.1, -0.05) is 44.8 Å². The quantitative estimate of drug-likeness (QED) is 0.369. The number of ether oxygens (including phenoxy) is 1. The van der Waals surface area contributed by atoms with Crippen molar-refractivity contribution >= 4 is 33.4 Å². The van der Waals surface area contributed by atoms with Crippen molar-refractivity contribution in [3.63, 3.8) is 0 Å². The second-order valence-corrected chi connectivity index (χ2v) is 5.83. The Morgan fingerprint density at radius 1 is 1.33 bits per heavy atom. The van der Waals surface area contributed by atoms with Gasteiger partial charge in [0.15, 0.2) is 5.84 Å². The summed E-state index contributed by atoms with van der Waals surface area (Å²) in [5.41, 5.74) is 8.12. The summed E-state index contributed by atoms with van der Waals surface area (Å²) in [6, 6.07) is 11.1. The van der Waals surface area contributed by atoms with Crippen LogP contribution in [-0.2, 0) is 6.61 Å². The van der Waals surface area contributed by atoms with Gasteiger partial charge in [0.05, 0.1) is 5.56 Å². The first-order valence-electron chi connectivity index (χ1n) is 6.16. The summed E-state index contributed by atoms with van der Waals surface area (Å²) in [7, 11) is 0. The number of hydrogen-bond acceptors (Lipinski definition) is 3. The Kier molecular flexibility index (Phi) is 5.09. The molecule has 2 rings (SSSR count). The fourth-order valence-electron chi connectivity index (χ4n) is 1.81. The number of rotatable bonds is 4. The van der Waals surface area contributed by atoms with E-state index in [0.717, 1.165) is 15.6 Å². The van der Waals surface area contributed by atoms with Crippen LogP contribution in [0.1, 0.15) is 16.7 Å². The van der Waals surface area contributed by atoms with Crippen molar-refractivity contribution in [1.82, 2.24) is 0 Å². The minimum atomic E-state index is -0.0127. The van der Waals surface area contributed by atoms with Crippen LogP contribution in [0.4, 0.5) is 0 Å². The van der Waals surface area contributed by atoms with E-state index in [-0.39, 0.29) is 5.84 Å². The minimum absolute atomic E-state index is 0.0127. The molecular formula is C15H14BrClN2O2. The second-order valence-electron chi connectivity index (χ2n) is 4.51. The summed E-state index contributed by atoms with van der Waals surface area (Å²) >= 11 is 9.52. The highest BCUT2D eigenvalue weighted by atomic mass is 79.9. The zero-order valence-electron chi connectivity index (χ0n) is 11.3. The monoisotopic (exact) mass is 368 g/mol. The molecule has 0 aliphatic heterocycles. The van der Waals surface area contributed by atoms with Crippen LogP contribution < -0.4 is 10.5 Å². The van der Waals surface area contributed by atoms with Crippen LogP contribution in [0.25, 0.3) is 0 Å². The maximum Gasteiger partial charge on any atom is 0.173 e. The normalized spacial score (nSPS) is 11.5. The lowest BCUT2D eigenvalue weighted by molar-refractivity contribution is 0.303. The lowest BCUT2D eigenvalue weighted by atomic mass is 10.1. The molecule has 110 valence electrons. The zero-order chi connectivity index (χ0) is 15.4. The Labute approximate surface area is 136 Å². The Hall–Kier alpha value is -1.72. The van der Waals surface area contributed by atoms with Crippen LogP contribution >= 0.6 is 27.5 Å². The van der Waals surface area contributed by atoms with Crippen molar-refractivity contribution < 1.29 is 9.94 Å². The summed E-state index contributed by atoms with van der Waals surface area (Å²) in [4.78, 5) is 0. The highest BCUT2D eigenvalue weighted by Crippen LogP contribution is 2.25. The van der Waals surface area contributed by atoms with Crippen LogP contribution in [0.15, 0.2) is 46.0 Å². The number of nitrogens with two attached hydrogens (primary N) is 1. The predicted molar refractivity (Wildman–Crippen MR) is 87.2 cm³/mol. The van der Waals surface area contributed by atoms with E-state index in [1.807, 2.05) is 31.2 Å². The molecule has 2 aromatic carbocycles. The summed E-state index contributed by atoms with van der Waals surface area (Å²) < 4.78 is 6.55. The standard InChI is InChI=1S/C15H14BrClN2O2/c1-9-2-3-10(13(17)6-9)8-21-14-5-4-11(16)7-12(14)15(18)19-20/h2-7,20H,8H2,1H3,(H2,18,19). The first-order chi connectivity index (χ1) is 10.0. The molecule has 0 radical (unpaired) electrons. The highest BCUT2D eigenvalue weighted by Gasteiger charge is 2.10.